The van der Waals surface area contributed by atoms with Crippen molar-refractivity contribution in [3.8, 4) is 80.1 Å². The van der Waals surface area contributed by atoms with Crippen LogP contribution in [-0.4, -0.2) is 281 Å². The van der Waals surface area contributed by atoms with Gasteiger partial charge in [0.25, 0.3) is 0 Å². The molecule has 17 bridgehead atoms. The molecule has 23 atom stereocenters. The standard InChI is InChI=1S/C92H107Cl2N11O32/c1-37(2)10-8-6-7-9-11-64(114)99-72-78(119)75(116)62(35-107)134-91(72)137-82-59-29-44-30-60(82)131-56-19-15-42(27-51(56)94)81(136-90-71(97-38(3)109)77(118)74(115)61(34-106)133-90)73-88(127)103-70(89(128)105(5)21-20-96-4)49-32-46(111)33-58(132-92-80(121)79(120)76(117)63(36-108)135-92)65(49)48-26-41(14-16-53(48)112)67(85(124)104-73)101-87(126)69(44)102-86(125)68-43-24-45(110)31-47(25-43)129-57-28-40(13-17-54(57)113)66(95)84(123)98-52(83(122)100-68)23-39-12-18-55(130-59)50(93)22-39/h12-19,22,24-33,37,52,61-63,66-81,90-92,96,106-108,110-113,115-121H,6-11,20-21,23,34-36,95H2,1-5H3,(H,97,109)(H,98,123)(H,99,114)(H,100,122)(H,101,126)(H,102,125)(H,103,127)(H,104,124)/t52-,61+,62+,63-,66-,67-,68+,69-,70+,71+,72+,73+,74-,75-,76-,77-,78-,79-,80+,81-,90+,91+,92+/m1/s1. The lowest BCUT2D eigenvalue weighted by Gasteiger charge is -2.44. The van der Waals surface area contributed by atoms with Crippen molar-refractivity contribution in [2.45, 2.75) is 206 Å². The lowest BCUT2D eigenvalue weighted by molar-refractivity contribution is -0.284. The summed E-state index contributed by atoms with van der Waals surface area (Å²) in [6.07, 6.45) is -25.6. The lowest BCUT2D eigenvalue weighted by atomic mass is 9.89. The molecule has 3 fully saturated rings. The SMILES string of the molecule is CNCCN(C)C(=O)[C@H]1NC(=O)[C@H]2NC(=O)[C@H](NC(=O)[C@@H]3NC(=O)[C@H]4NC(=O)[C@@H](Cc5ccc(c(Cl)c5)Oc5cc3cc(c5O[C@@H]3O[C@@H](CO)[C@@H](O)[C@H](O)[C@@H]3NC(=O)CCCCCCC(C)C)Oc3ccc(cc3Cl)[C@H]2O[C@@H]2O[C@@H](CO)[C@@H](O)[C@H](O)[C@@H]2NC(C)=O)NC(=O)[C@H](N)c2ccc(O)c(c2)Oc2cc(O)cc4c2)c2ccc(O)c(c2)-c2c(O[C@H]3O[C@H](CO)[C@@H](O)[C@@H](O)[C@@H]3O)cc(O)cc21. The van der Waals surface area contributed by atoms with E-state index in [1.807, 2.05) is 0 Å². The van der Waals surface area contributed by atoms with Gasteiger partial charge in [-0.1, -0.05) is 87.0 Å². The molecule has 0 radical (unpaired) electrons. The van der Waals surface area contributed by atoms with Crippen molar-refractivity contribution >= 4 is 76.4 Å². The lowest BCUT2D eigenvalue weighted by Crippen LogP contribution is -2.65. The van der Waals surface area contributed by atoms with Crippen LogP contribution in [-0.2, 0) is 68.5 Å². The monoisotopic (exact) mass is 1950 g/mol. The highest BCUT2D eigenvalue weighted by Gasteiger charge is 2.53. The van der Waals surface area contributed by atoms with Crippen molar-refractivity contribution in [3.63, 3.8) is 0 Å². The van der Waals surface area contributed by atoms with Gasteiger partial charge < -0.3 is 173 Å². The molecule has 9 amide bonds. The van der Waals surface area contributed by atoms with Crippen LogP contribution in [0.15, 0.2) is 115 Å². The normalized spacial score (nSPS) is 28.3. The number of hydrogen-bond acceptors (Lipinski definition) is 34. The molecular formula is C92H107Cl2N11O32. The zero-order chi connectivity index (χ0) is 98.6. The highest BCUT2D eigenvalue weighted by Crippen LogP contribution is 2.51. The molecule has 137 heavy (non-hydrogen) atoms. The van der Waals surface area contributed by atoms with Gasteiger partial charge in [0.2, 0.25) is 71.5 Å². The molecule has 45 heteroatoms. The minimum absolute atomic E-state index is 0.0331. The van der Waals surface area contributed by atoms with Gasteiger partial charge in [0, 0.05) is 63.2 Å². The fourth-order valence-corrected chi connectivity index (χ4v) is 17.6. The van der Waals surface area contributed by atoms with Crippen LogP contribution in [0.5, 0.6) is 69.0 Å². The summed E-state index contributed by atoms with van der Waals surface area (Å²) in [5.74, 6) is -17.5. The number of fused-ring (bicyclic) bond motifs is 14. The number of halogens is 2. The van der Waals surface area contributed by atoms with Gasteiger partial charge in [0.15, 0.2) is 29.3 Å². The maximum absolute atomic E-state index is 17.2. The minimum Gasteiger partial charge on any atom is -0.508 e. The van der Waals surface area contributed by atoms with Gasteiger partial charge in [0.05, 0.1) is 29.9 Å². The number of amides is 9. The second-order valence-electron chi connectivity index (χ2n) is 34.7. The topological polar surface area (TPSA) is 657 Å². The Balaban J connectivity index is 1.05. The predicted molar refractivity (Wildman–Crippen MR) is 477 cm³/mol. The van der Waals surface area contributed by atoms with Gasteiger partial charge in [-0.3, -0.25) is 43.2 Å². The first-order valence-electron chi connectivity index (χ1n) is 44.1. The second kappa shape index (κ2) is 43.3. The van der Waals surface area contributed by atoms with Crippen molar-refractivity contribution in [3.05, 3.63) is 164 Å². The highest BCUT2D eigenvalue weighted by atomic mass is 35.5. The van der Waals surface area contributed by atoms with E-state index in [0.29, 0.717) is 18.8 Å². The fraction of sp³-hybridized carbons (Fsp3) is 0.446. The summed E-state index contributed by atoms with van der Waals surface area (Å²) in [5.41, 5.74) is 3.43. The number of phenols is 4. The molecule has 0 aromatic heterocycles. The maximum atomic E-state index is 17.2. The van der Waals surface area contributed by atoms with Crippen LogP contribution >= 0.6 is 23.2 Å². The van der Waals surface area contributed by atoms with Crippen LogP contribution in [0.2, 0.25) is 10.0 Å². The first-order valence-corrected chi connectivity index (χ1v) is 44.8. The molecule has 0 saturated carbocycles. The molecule has 3 saturated heterocycles. The third kappa shape index (κ3) is 22.4. The number of rotatable bonds is 22. The number of nitrogens with one attached hydrogen (secondary N) is 9. The Hall–Kier alpha value is -12.1. The van der Waals surface area contributed by atoms with Crippen molar-refractivity contribution < 1.29 is 157 Å². The number of aliphatic hydroxyl groups is 10. The minimum atomic E-state index is -2.52. The molecule has 736 valence electrons. The Morgan fingerprint density at radius 3 is 1.72 bits per heavy atom. The Labute approximate surface area is 791 Å². The molecule has 43 nitrogen and oxygen atoms in total. The van der Waals surface area contributed by atoms with E-state index in [1.54, 1.807) is 7.05 Å². The van der Waals surface area contributed by atoms with E-state index < -0.39 is 304 Å². The number of unbranched alkanes of at least 4 members (excludes halogenated alkanes) is 3. The summed E-state index contributed by atoms with van der Waals surface area (Å²) in [6, 6.07) is 1.95. The number of phenolic OH excluding ortho intramolecular Hbond substituents is 4. The molecule has 16 rings (SSSR count). The summed E-state index contributed by atoms with van der Waals surface area (Å²) in [4.78, 5) is 142. The quantitative estimate of drug-likeness (QED) is 0.0413. The van der Waals surface area contributed by atoms with Crippen LogP contribution in [0.25, 0.3) is 11.1 Å². The summed E-state index contributed by atoms with van der Waals surface area (Å²) in [6.45, 7) is 1.93. The van der Waals surface area contributed by atoms with Crippen LogP contribution < -0.4 is 77.3 Å². The fourth-order valence-electron chi connectivity index (χ4n) is 17.1. The molecule has 9 heterocycles. The number of aliphatic hydroxyl groups excluding tert-OH is 10. The van der Waals surface area contributed by atoms with Gasteiger partial charge in [-0.2, -0.15) is 0 Å². The summed E-state index contributed by atoms with van der Waals surface area (Å²) < 4.78 is 58.2. The first kappa shape index (κ1) is 101. The van der Waals surface area contributed by atoms with Crippen molar-refractivity contribution in [2.75, 3.05) is 47.0 Å². The third-order valence-electron chi connectivity index (χ3n) is 24.5. The van der Waals surface area contributed by atoms with E-state index in [1.165, 1.54) is 37.4 Å². The van der Waals surface area contributed by atoms with Gasteiger partial charge in [-0.15, -0.1) is 0 Å². The number of aromatic hydroxyl groups is 4. The molecule has 9 aliphatic heterocycles. The Morgan fingerprint density at radius 2 is 1.09 bits per heavy atom. The average molecular weight is 1950 g/mol. The number of carbonyl (C=O) groups is 9. The number of ether oxygens (including phenoxy) is 9. The smallest absolute Gasteiger partial charge is 0.249 e. The van der Waals surface area contributed by atoms with Gasteiger partial charge in [-0.25, -0.2) is 0 Å². The van der Waals surface area contributed by atoms with E-state index >= 15 is 28.8 Å². The number of hydrogen-bond donors (Lipinski definition) is 24. The van der Waals surface area contributed by atoms with Crippen LogP contribution in [0.3, 0.4) is 0 Å². The summed E-state index contributed by atoms with van der Waals surface area (Å²) >= 11 is 14.9. The summed E-state index contributed by atoms with van der Waals surface area (Å²) in [7, 11) is 2.84. The van der Waals surface area contributed by atoms with Crippen LogP contribution in [0.1, 0.15) is 135 Å². The molecule has 0 unspecified atom stereocenters. The zero-order valence-corrected chi connectivity index (χ0v) is 75.7. The first-order chi connectivity index (χ1) is 65.3. The molecule has 7 aromatic rings. The molecule has 0 aliphatic carbocycles. The largest absolute Gasteiger partial charge is 0.508 e. The third-order valence-corrected chi connectivity index (χ3v) is 25.0. The molecule has 9 aliphatic rings. The Kier molecular flexibility index (Phi) is 31.9. The number of carbonyl (C=O) groups excluding carboxylic acids is 9. The van der Waals surface area contributed by atoms with Gasteiger partial charge >= 0.3 is 0 Å². The maximum Gasteiger partial charge on any atom is 0.249 e. The van der Waals surface area contributed by atoms with Crippen LogP contribution in [0.4, 0.5) is 0 Å². The van der Waals surface area contributed by atoms with Gasteiger partial charge in [-0.05, 0) is 137 Å². The molecular weight excluding hydrogens is 1840 g/mol. The van der Waals surface area contributed by atoms with E-state index in [9.17, 15) is 85.9 Å². The number of nitrogens with two attached hydrogens (primary N) is 1. The Morgan fingerprint density at radius 1 is 0.526 bits per heavy atom. The summed E-state index contributed by atoms with van der Waals surface area (Å²) in [5, 5.41) is 184. The van der Waals surface area contributed by atoms with Crippen LogP contribution in [0, 0.1) is 5.92 Å². The van der Waals surface area contributed by atoms with E-state index in [0.717, 1.165) is 116 Å². The highest BCUT2D eigenvalue weighted by molar-refractivity contribution is 6.32. The van der Waals surface area contributed by atoms with E-state index in [-0.39, 0.29) is 64.0 Å². The number of nitrogens with zero attached hydrogens (tertiary/aromatic N) is 1. The number of benzene rings is 7. The van der Waals surface area contributed by atoms with E-state index in [4.69, 9.17) is 71.6 Å². The molecule has 0 spiro atoms. The second-order valence-corrected chi connectivity index (χ2v) is 35.5. The Bertz CT molecular complexity index is 5690. The zero-order valence-electron chi connectivity index (χ0n) is 74.2. The molecule has 25 N–H and O–H groups in total. The van der Waals surface area contributed by atoms with Crippen molar-refractivity contribution in [1.29, 1.82) is 0 Å². The molecule has 7 aromatic carbocycles. The van der Waals surface area contributed by atoms with Crippen molar-refractivity contribution in [1.82, 2.24) is 52.8 Å². The van der Waals surface area contributed by atoms with Gasteiger partial charge in [0.1, 0.15) is 162 Å². The number of likely N-dealkylation sites (N-methyl/N-ethyl adjacent to an activating group) is 2. The average Bonchev–Trinajstić information content (AvgIpc) is 0.748. The van der Waals surface area contributed by atoms with E-state index in [2.05, 4.69) is 61.7 Å². The predicted octanol–water partition coefficient (Wildman–Crippen LogP) is 0.613. The van der Waals surface area contributed by atoms with Crippen molar-refractivity contribution in [2.24, 2.45) is 11.7 Å².